The summed E-state index contributed by atoms with van der Waals surface area (Å²) in [6, 6.07) is 13.3. The highest BCUT2D eigenvalue weighted by Crippen LogP contribution is 2.23. The molecule has 2 N–H and O–H groups in total. The first-order valence-corrected chi connectivity index (χ1v) is 8.57. The lowest BCUT2D eigenvalue weighted by molar-refractivity contribution is 0.0946. The van der Waals surface area contributed by atoms with E-state index < -0.39 is 0 Å². The fraction of sp³-hybridized carbons (Fsp3) is 0.105. The number of halogens is 1. The summed E-state index contributed by atoms with van der Waals surface area (Å²) in [5.74, 6) is -0.205. The molecule has 0 unspecified atom stereocenters. The molecule has 3 rings (SSSR count). The minimum atomic E-state index is -0.205. The Morgan fingerprint density at radius 3 is 2.60 bits per heavy atom. The Morgan fingerprint density at radius 1 is 1.12 bits per heavy atom. The van der Waals surface area contributed by atoms with Crippen molar-refractivity contribution in [3.63, 3.8) is 0 Å². The number of nitrogens with zero attached hydrogens (tertiary/aromatic N) is 2. The number of anilines is 2. The zero-order valence-electron chi connectivity index (χ0n) is 13.7. The van der Waals surface area contributed by atoms with Crippen LogP contribution in [0.5, 0.6) is 0 Å². The number of carbonyl (C=O) groups excluding carboxylic acids is 1. The molecule has 0 radical (unpaired) electrons. The summed E-state index contributed by atoms with van der Waals surface area (Å²) < 4.78 is 1.04. The Bertz CT molecular complexity index is 866. The Hall–Kier alpha value is -2.73. The lowest BCUT2D eigenvalue weighted by Crippen LogP contribution is -2.23. The second kappa shape index (κ2) is 7.90. The lowest BCUT2D eigenvalue weighted by atomic mass is 10.2. The number of amides is 1. The molecular formula is C19H17BrN4O. The van der Waals surface area contributed by atoms with E-state index in [4.69, 9.17) is 0 Å². The summed E-state index contributed by atoms with van der Waals surface area (Å²) in [7, 11) is 0. The molecule has 2 heterocycles. The molecule has 1 aromatic carbocycles. The number of aryl methyl sites for hydroxylation is 1. The van der Waals surface area contributed by atoms with E-state index in [1.165, 1.54) is 0 Å². The largest absolute Gasteiger partial charge is 0.354 e. The van der Waals surface area contributed by atoms with Crippen molar-refractivity contribution in [3.8, 4) is 0 Å². The maximum atomic E-state index is 12.2. The van der Waals surface area contributed by atoms with Crippen molar-refractivity contribution in [3.05, 3.63) is 82.3 Å². The lowest BCUT2D eigenvalue weighted by Gasteiger charge is -2.10. The first-order valence-electron chi connectivity index (χ1n) is 7.78. The van der Waals surface area contributed by atoms with Gasteiger partial charge in [0.2, 0.25) is 0 Å². The molecule has 2 aromatic heterocycles. The van der Waals surface area contributed by atoms with Gasteiger partial charge in [-0.1, -0.05) is 15.9 Å². The molecule has 0 aliphatic carbocycles. The molecule has 0 saturated heterocycles. The maximum Gasteiger partial charge on any atom is 0.270 e. The second-order valence-electron chi connectivity index (χ2n) is 5.55. The number of carbonyl (C=O) groups is 1. The molecule has 5 nitrogen and oxygen atoms in total. The van der Waals surface area contributed by atoms with Gasteiger partial charge in [0.05, 0.1) is 11.9 Å². The maximum absolute atomic E-state index is 12.2. The summed E-state index contributed by atoms with van der Waals surface area (Å²) in [5, 5.41) is 6.15. The van der Waals surface area contributed by atoms with Gasteiger partial charge in [-0.15, -0.1) is 0 Å². The van der Waals surface area contributed by atoms with Gasteiger partial charge in [-0.3, -0.25) is 9.78 Å². The third-order valence-electron chi connectivity index (χ3n) is 3.67. The van der Waals surface area contributed by atoms with Crippen LogP contribution < -0.4 is 10.6 Å². The number of aromatic nitrogens is 2. The molecule has 0 aliphatic heterocycles. The summed E-state index contributed by atoms with van der Waals surface area (Å²) >= 11 is 3.45. The Kier molecular flexibility index (Phi) is 5.40. The van der Waals surface area contributed by atoms with Gasteiger partial charge < -0.3 is 10.6 Å². The molecule has 0 spiro atoms. The van der Waals surface area contributed by atoms with E-state index in [2.05, 4.69) is 36.5 Å². The minimum absolute atomic E-state index is 0.205. The van der Waals surface area contributed by atoms with Gasteiger partial charge in [-0.2, -0.15) is 0 Å². The zero-order chi connectivity index (χ0) is 17.6. The van der Waals surface area contributed by atoms with E-state index in [1.54, 1.807) is 24.7 Å². The molecule has 0 aliphatic rings. The van der Waals surface area contributed by atoms with Crippen molar-refractivity contribution in [1.29, 1.82) is 0 Å². The van der Waals surface area contributed by atoms with Gasteiger partial charge in [0.15, 0.2) is 0 Å². The Morgan fingerprint density at radius 2 is 1.92 bits per heavy atom. The third kappa shape index (κ3) is 4.64. The summed E-state index contributed by atoms with van der Waals surface area (Å²) in [4.78, 5) is 20.4. The SMILES string of the molecule is Cc1cc(Br)ccc1Nc1ccc(C(=O)NCc2ccncc2)nc1. The van der Waals surface area contributed by atoms with Crippen LogP contribution >= 0.6 is 15.9 Å². The van der Waals surface area contributed by atoms with Gasteiger partial charge in [0, 0.05) is 29.1 Å². The molecule has 0 bridgehead atoms. The predicted molar refractivity (Wildman–Crippen MR) is 102 cm³/mol. The topological polar surface area (TPSA) is 66.9 Å². The van der Waals surface area contributed by atoms with Crippen LogP contribution in [0.25, 0.3) is 0 Å². The quantitative estimate of drug-likeness (QED) is 0.677. The normalized spacial score (nSPS) is 10.3. The smallest absolute Gasteiger partial charge is 0.270 e. The highest BCUT2D eigenvalue weighted by atomic mass is 79.9. The van der Waals surface area contributed by atoms with E-state index in [0.717, 1.165) is 27.0 Å². The summed E-state index contributed by atoms with van der Waals surface area (Å²) in [6.45, 7) is 2.47. The minimum Gasteiger partial charge on any atom is -0.354 e. The second-order valence-corrected chi connectivity index (χ2v) is 6.47. The van der Waals surface area contributed by atoms with Gasteiger partial charge in [-0.05, 0) is 60.5 Å². The average Bonchev–Trinajstić information content (AvgIpc) is 2.63. The van der Waals surface area contributed by atoms with Crippen molar-refractivity contribution in [1.82, 2.24) is 15.3 Å². The monoisotopic (exact) mass is 396 g/mol. The van der Waals surface area contributed by atoms with Crippen LogP contribution in [0.4, 0.5) is 11.4 Å². The molecule has 0 fully saturated rings. The number of hydrogen-bond donors (Lipinski definition) is 2. The Balaban J connectivity index is 1.62. The predicted octanol–water partition coefficient (Wildman–Crippen LogP) is 4.22. The first-order chi connectivity index (χ1) is 12.1. The molecule has 126 valence electrons. The van der Waals surface area contributed by atoms with Crippen molar-refractivity contribution in [2.45, 2.75) is 13.5 Å². The van der Waals surface area contributed by atoms with E-state index in [-0.39, 0.29) is 5.91 Å². The van der Waals surface area contributed by atoms with E-state index in [1.807, 2.05) is 43.3 Å². The fourth-order valence-electron chi connectivity index (χ4n) is 2.30. The number of benzene rings is 1. The van der Waals surface area contributed by atoms with Gasteiger partial charge >= 0.3 is 0 Å². The van der Waals surface area contributed by atoms with E-state index in [0.29, 0.717) is 12.2 Å². The van der Waals surface area contributed by atoms with Gasteiger partial charge in [-0.25, -0.2) is 4.98 Å². The van der Waals surface area contributed by atoms with Crippen molar-refractivity contribution < 1.29 is 4.79 Å². The highest BCUT2D eigenvalue weighted by Gasteiger charge is 2.07. The molecule has 6 heteroatoms. The third-order valence-corrected chi connectivity index (χ3v) is 4.16. The van der Waals surface area contributed by atoms with Crippen LogP contribution in [0.2, 0.25) is 0 Å². The highest BCUT2D eigenvalue weighted by molar-refractivity contribution is 9.10. The van der Waals surface area contributed by atoms with Crippen LogP contribution in [-0.4, -0.2) is 15.9 Å². The fourth-order valence-corrected chi connectivity index (χ4v) is 2.77. The van der Waals surface area contributed by atoms with Crippen LogP contribution in [0.1, 0.15) is 21.6 Å². The molecule has 25 heavy (non-hydrogen) atoms. The van der Waals surface area contributed by atoms with Crippen LogP contribution in [0, 0.1) is 6.92 Å². The van der Waals surface area contributed by atoms with Crippen molar-refractivity contribution >= 4 is 33.2 Å². The number of rotatable bonds is 5. The van der Waals surface area contributed by atoms with Crippen LogP contribution in [0.3, 0.4) is 0 Å². The molecule has 1 amide bonds. The number of hydrogen-bond acceptors (Lipinski definition) is 4. The standard InChI is InChI=1S/C19H17BrN4O/c1-13-10-15(20)2-4-17(13)24-16-3-5-18(22-12-16)19(25)23-11-14-6-8-21-9-7-14/h2-10,12,24H,11H2,1H3,(H,23,25). The van der Waals surface area contributed by atoms with Crippen LogP contribution in [0.15, 0.2) is 65.5 Å². The summed E-state index contributed by atoms with van der Waals surface area (Å²) in [5.41, 5.74) is 4.32. The number of pyridine rings is 2. The van der Waals surface area contributed by atoms with Crippen LogP contribution in [-0.2, 0) is 6.54 Å². The molecule has 0 atom stereocenters. The van der Waals surface area contributed by atoms with Crippen molar-refractivity contribution in [2.75, 3.05) is 5.32 Å². The van der Waals surface area contributed by atoms with Gasteiger partial charge in [0.25, 0.3) is 5.91 Å². The number of nitrogens with one attached hydrogen (secondary N) is 2. The first kappa shape index (κ1) is 17.1. The molecule has 0 saturated carbocycles. The van der Waals surface area contributed by atoms with Gasteiger partial charge in [0.1, 0.15) is 5.69 Å². The molecule has 3 aromatic rings. The average molecular weight is 397 g/mol. The van der Waals surface area contributed by atoms with Crippen molar-refractivity contribution in [2.24, 2.45) is 0 Å². The zero-order valence-corrected chi connectivity index (χ0v) is 15.2. The van der Waals surface area contributed by atoms with E-state index >= 15 is 0 Å². The van der Waals surface area contributed by atoms with E-state index in [9.17, 15) is 4.79 Å². The summed E-state index contributed by atoms with van der Waals surface area (Å²) in [6.07, 6.45) is 5.05. The Labute approximate surface area is 154 Å². The molecular weight excluding hydrogens is 380 g/mol.